The van der Waals surface area contributed by atoms with E-state index in [1.54, 1.807) is 20.1 Å². The van der Waals surface area contributed by atoms with Crippen molar-refractivity contribution < 1.29 is 33.7 Å². The second kappa shape index (κ2) is 7.72. The maximum atomic E-state index is 13.6. The Morgan fingerprint density at radius 2 is 2.06 bits per heavy atom. The third kappa shape index (κ3) is 2.90. The van der Waals surface area contributed by atoms with Gasteiger partial charge in [0.1, 0.15) is 6.10 Å². The Bertz CT molecular complexity index is 1000. The summed E-state index contributed by atoms with van der Waals surface area (Å²) in [4.78, 5) is 42.2. The van der Waals surface area contributed by atoms with Crippen LogP contribution in [0.4, 0.5) is 0 Å². The molecule has 3 saturated carbocycles. The van der Waals surface area contributed by atoms with Gasteiger partial charge < -0.3 is 19.3 Å². The third-order valence-corrected chi connectivity index (χ3v) is 9.93. The highest BCUT2D eigenvalue weighted by Crippen LogP contribution is 2.69. The number of Topliss-reactive ketones (excluding diaryl/α,β-unsaturated/α-hetero) is 1. The molecule has 0 aromatic heterocycles. The molecule has 1 N–H and O–H groups in total. The number of aliphatic hydroxyl groups is 1. The van der Waals surface area contributed by atoms with Gasteiger partial charge in [-0.3, -0.25) is 14.4 Å². The predicted molar refractivity (Wildman–Crippen MR) is 122 cm³/mol. The summed E-state index contributed by atoms with van der Waals surface area (Å²) >= 11 is 0. The van der Waals surface area contributed by atoms with Crippen LogP contribution in [0.2, 0.25) is 0 Å². The van der Waals surface area contributed by atoms with Gasteiger partial charge in [-0.25, -0.2) is 4.99 Å². The molecule has 4 aliphatic carbocycles. The summed E-state index contributed by atoms with van der Waals surface area (Å²) in [5.74, 6) is -0.0993. The lowest BCUT2D eigenvalue weighted by molar-refractivity contribution is -0.170. The molecule has 8 nitrogen and oxygen atoms in total. The van der Waals surface area contributed by atoms with Gasteiger partial charge in [-0.1, -0.05) is 19.4 Å². The molecule has 0 aromatic rings. The first-order valence-electron chi connectivity index (χ1n) is 12.3. The Balaban J connectivity index is 1.57. The fourth-order valence-corrected chi connectivity index (χ4v) is 8.67. The SMILES string of the molecule is CO[C@@H]1CC(=O)C=C2CC[C@@H]3[C@H]([C@@H](O)C[C@@]4(C)[C@H]3C[C@H]3OC(C)=N[C@]34C(=O)COC(C)=O)[C@]21C. The number of carbonyl (C=O) groups excluding carboxylic acids is 3. The summed E-state index contributed by atoms with van der Waals surface area (Å²) in [6.07, 6.45) is 3.30. The fraction of sp³-hybridized carbons (Fsp3) is 0.769. The number of fused-ring (bicyclic) bond motifs is 7. The van der Waals surface area contributed by atoms with E-state index in [0.717, 1.165) is 18.4 Å². The standard InChI is InChI=1S/C26H35NO7/c1-13-27-26(20(31)12-33-14(2)28)22(34-13)10-18-17-7-6-15-8-16(29)9-21(32-5)25(15,4)23(17)19(30)11-24(18,26)3/h8,17-19,21-23,30H,6-7,9-12H2,1-5H3/t17-,18-,19-,21+,22+,23+,24-,25+,26+/m0/s1. The molecule has 5 aliphatic rings. The maximum absolute atomic E-state index is 13.6. The van der Waals surface area contributed by atoms with E-state index in [1.165, 1.54) is 6.92 Å². The highest BCUT2D eigenvalue weighted by atomic mass is 16.5. The second-order valence-corrected chi connectivity index (χ2v) is 11.3. The zero-order chi connectivity index (χ0) is 24.6. The molecule has 0 aromatic carbocycles. The number of aliphatic imine (C=N–C) groups is 1. The number of ketones is 2. The van der Waals surface area contributed by atoms with Gasteiger partial charge in [0.15, 0.2) is 23.8 Å². The summed E-state index contributed by atoms with van der Waals surface area (Å²) < 4.78 is 17.1. The molecule has 0 radical (unpaired) electrons. The van der Waals surface area contributed by atoms with E-state index in [1.807, 2.05) is 0 Å². The van der Waals surface area contributed by atoms with Gasteiger partial charge in [-0.15, -0.1) is 0 Å². The quantitative estimate of drug-likeness (QED) is 0.624. The monoisotopic (exact) mass is 473 g/mol. The van der Waals surface area contributed by atoms with E-state index in [2.05, 4.69) is 13.8 Å². The minimum absolute atomic E-state index is 0.0801. The molecule has 34 heavy (non-hydrogen) atoms. The topological polar surface area (TPSA) is 111 Å². The molecule has 8 heteroatoms. The van der Waals surface area contributed by atoms with Crippen molar-refractivity contribution in [2.24, 2.45) is 33.6 Å². The molecular weight excluding hydrogens is 438 g/mol. The maximum Gasteiger partial charge on any atom is 0.303 e. The van der Waals surface area contributed by atoms with E-state index in [9.17, 15) is 19.5 Å². The summed E-state index contributed by atoms with van der Waals surface area (Å²) in [6.45, 7) is 6.88. The van der Waals surface area contributed by atoms with Gasteiger partial charge in [0.05, 0.1) is 12.2 Å². The van der Waals surface area contributed by atoms with E-state index >= 15 is 0 Å². The summed E-state index contributed by atoms with van der Waals surface area (Å²) in [5, 5.41) is 11.7. The van der Waals surface area contributed by atoms with Crippen LogP contribution < -0.4 is 0 Å². The van der Waals surface area contributed by atoms with Crippen LogP contribution in [-0.4, -0.2) is 66.1 Å². The number of rotatable bonds is 4. The van der Waals surface area contributed by atoms with Crippen LogP contribution in [0, 0.1) is 28.6 Å². The lowest BCUT2D eigenvalue weighted by Gasteiger charge is -2.61. The smallest absolute Gasteiger partial charge is 0.303 e. The van der Waals surface area contributed by atoms with E-state index < -0.39 is 34.5 Å². The molecule has 0 unspecified atom stereocenters. The Hall–Kier alpha value is -2.06. The number of esters is 1. The van der Waals surface area contributed by atoms with Crippen molar-refractivity contribution >= 4 is 23.4 Å². The van der Waals surface area contributed by atoms with Crippen molar-refractivity contribution in [2.45, 2.75) is 83.6 Å². The van der Waals surface area contributed by atoms with Gasteiger partial charge >= 0.3 is 5.97 Å². The first-order chi connectivity index (χ1) is 16.0. The molecule has 0 spiro atoms. The lowest BCUT2D eigenvalue weighted by Crippen LogP contribution is -2.64. The van der Waals surface area contributed by atoms with Crippen LogP contribution >= 0.6 is 0 Å². The minimum atomic E-state index is -1.18. The van der Waals surface area contributed by atoms with Crippen molar-refractivity contribution in [3.05, 3.63) is 11.6 Å². The fourth-order valence-electron chi connectivity index (χ4n) is 8.67. The van der Waals surface area contributed by atoms with Crippen molar-refractivity contribution in [3.63, 3.8) is 0 Å². The first kappa shape index (κ1) is 23.7. The average molecular weight is 474 g/mol. The summed E-state index contributed by atoms with van der Waals surface area (Å²) in [7, 11) is 1.64. The van der Waals surface area contributed by atoms with Crippen molar-refractivity contribution in [1.82, 2.24) is 0 Å². The molecule has 186 valence electrons. The molecule has 1 heterocycles. The number of hydrogen-bond donors (Lipinski definition) is 1. The van der Waals surface area contributed by atoms with E-state index in [-0.39, 0.29) is 42.0 Å². The van der Waals surface area contributed by atoms with Gasteiger partial charge in [0, 0.05) is 38.2 Å². The van der Waals surface area contributed by atoms with Gasteiger partial charge in [-0.05, 0) is 49.5 Å². The second-order valence-electron chi connectivity index (χ2n) is 11.3. The summed E-state index contributed by atoms with van der Waals surface area (Å²) in [5.41, 5.74) is -1.19. The molecule has 5 rings (SSSR count). The molecule has 0 saturated heterocycles. The number of ether oxygens (including phenoxy) is 3. The molecule has 3 fully saturated rings. The third-order valence-electron chi connectivity index (χ3n) is 9.93. The van der Waals surface area contributed by atoms with Gasteiger partial charge in [-0.2, -0.15) is 0 Å². The molecular formula is C26H35NO7. The molecule has 9 atom stereocenters. The van der Waals surface area contributed by atoms with Crippen LogP contribution in [0.25, 0.3) is 0 Å². The van der Waals surface area contributed by atoms with Crippen LogP contribution in [0.15, 0.2) is 16.6 Å². The van der Waals surface area contributed by atoms with E-state index in [0.29, 0.717) is 25.2 Å². The zero-order valence-electron chi connectivity index (χ0n) is 20.6. The van der Waals surface area contributed by atoms with Crippen LogP contribution in [0.5, 0.6) is 0 Å². The van der Waals surface area contributed by atoms with Crippen molar-refractivity contribution in [2.75, 3.05) is 13.7 Å². The van der Waals surface area contributed by atoms with Crippen LogP contribution in [0.3, 0.4) is 0 Å². The Morgan fingerprint density at radius 3 is 2.74 bits per heavy atom. The van der Waals surface area contributed by atoms with Crippen molar-refractivity contribution in [1.29, 1.82) is 0 Å². The number of hydrogen-bond acceptors (Lipinski definition) is 8. The van der Waals surface area contributed by atoms with Crippen molar-refractivity contribution in [3.8, 4) is 0 Å². The normalized spacial score (nSPS) is 46.8. The Labute approximate surface area is 200 Å². The first-order valence-corrected chi connectivity index (χ1v) is 12.3. The average Bonchev–Trinajstić information content (AvgIpc) is 3.22. The Kier molecular flexibility index (Phi) is 5.37. The summed E-state index contributed by atoms with van der Waals surface area (Å²) in [6, 6.07) is 0. The number of aliphatic hydroxyl groups excluding tert-OH is 1. The number of nitrogens with zero attached hydrogens (tertiary/aromatic N) is 1. The van der Waals surface area contributed by atoms with Gasteiger partial charge in [0.2, 0.25) is 5.78 Å². The highest BCUT2D eigenvalue weighted by Gasteiger charge is 2.75. The predicted octanol–water partition coefficient (Wildman–Crippen LogP) is 2.41. The number of methoxy groups -OCH3 is 1. The number of carbonyl (C=O) groups is 3. The molecule has 0 bridgehead atoms. The van der Waals surface area contributed by atoms with E-state index in [4.69, 9.17) is 19.2 Å². The lowest BCUT2D eigenvalue weighted by atomic mass is 9.44. The highest BCUT2D eigenvalue weighted by molar-refractivity contribution is 5.97. The molecule has 0 amide bonds. The molecule has 1 aliphatic heterocycles. The van der Waals surface area contributed by atoms with Crippen LogP contribution in [-0.2, 0) is 28.6 Å². The zero-order valence-corrected chi connectivity index (χ0v) is 20.6. The Morgan fingerprint density at radius 1 is 1.32 bits per heavy atom. The largest absolute Gasteiger partial charge is 0.475 e. The van der Waals surface area contributed by atoms with Crippen LogP contribution in [0.1, 0.15) is 59.8 Å². The van der Waals surface area contributed by atoms with Gasteiger partial charge in [0.25, 0.3) is 0 Å². The minimum Gasteiger partial charge on any atom is -0.475 e.